The number of nitro benzene ring substituents is 1. The minimum Gasteiger partial charge on any atom is -0.362 e. The Morgan fingerprint density at radius 2 is 1.95 bits per heavy atom. The molecule has 0 atom stereocenters. The second-order valence-electron chi connectivity index (χ2n) is 4.54. The second-order valence-corrected chi connectivity index (χ2v) is 5.35. The van der Waals surface area contributed by atoms with E-state index in [0.717, 1.165) is 6.42 Å². The predicted molar refractivity (Wildman–Crippen MR) is 92.5 cm³/mol. The van der Waals surface area contributed by atoms with Crippen molar-refractivity contribution in [1.82, 2.24) is 5.32 Å². The first-order valence-corrected chi connectivity index (χ1v) is 7.37. The Labute approximate surface area is 138 Å². The summed E-state index contributed by atoms with van der Waals surface area (Å²) in [7, 11) is 0. The zero-order valence-electron chi connectivity index (χ0n) is 11.6. The number of halogens is 1. The highest BCUT2D eigenvalue weighted by molar-refractivity contribution is 7.80. The van der Waals surface area contributed by atoms with Crippen LogP contribution in [0.15, 0.2) is 48.5 Å². The Bertz CT molecular complexity index is 680. The van der Waals surface area contributed by atoms with Crippen LogP contribution in [0.5, 0.6) is 0 Å². The first-order chi connectivity index (χ1) is 10.6. The van der Waals surface area contributed by atoms with E-state index in [0.29, 0.717) is 22.4 Å². The van der Waals surface area contributed by atoms with Crippen molar-refractivity contribution in [1.29, 1.82) is 0 Å². The van der Waals surface area contributed by atoms with Crippen LogP contribution in [0.2, 0.25) is 5.02 Å². The molecule has 0 aromatic heterocycles. The first-order valence-electron chi connectivity index (χ1n) is 6.59. The highest BCUT2D eigenvalue weighted by Gasteiger charge is 2.10. The van der Waals surface area contributed by atoms with E-state index in [9.17, 15) is 10.1 Å². The van der Waals surface area contributed by atoms with Crippen molar-refractivity contribution in [2.45, 2.75) is 6.42 Å². The lowest BCUT2D eigenvalue weighted by atomic mass is 10.1. The first kappa shape index (κ1) is 16.2. The molecule has 114 valence electrons. The van der Waals surface area contributed by atoms with Crippen LogP contribution >= 0.6 is 23.8 Å². The van der Waals surface area contributed by atoms with Gasteiger partial charge in [-0.1, -0.05) is 41.9 Å². The van der Waals surface area contributed by atoms with Crippen LogP contribution in [0.1, 0.15) is 5.56 Å². The molecule has 0 saturated heterocycles. The zero-order chi connectivity index (χ0) is 15.9. The van der Waals surface area contributed by atoms with Crippen LogP contribution in [0, 0.1) is 10.1 Å². The minimum absolute atomic E-state index is 0.0426. The van der Waals surface area contributed by atoms with Gasteiger partial charge in [-0.25, -0.2) is 0 Å². The van der Waals surface area contributed by atoms with Crippen molar-refractivity contribution in [3.63, 3.8) is 0 Å². The minimum atomic E-state index is -0.479. The number of nitrogens with one attached hydrogen (secondary N) is 2. The average molecular weight is 336 g/mol. The number of non-ortho nitro benzene ring substituents is 1. The van der Waals surface area contributed by atoms with Gasteiger partial charge in [0, 0.05) is 18.7 Å². The maximum Gasteiger partial charge on any atom is 0.271 e. The summed E-state index contributed by atoms with van der Waals surface area (Å²) < 4.78 is 0. The van der Waals surface area contributed by atoms with Crippen molar-refractivity contribution in [3.05, 3.63) is 69.2 Å². The molecule has 2 rings (SSSR count). The highest BCUT2D eigenvalue weighted by atomic mass is 35.5. The summed E-state index contributed by atoms with van der Waals surface area (Å²) in [4.78, 5) is 10.3. The van der Waals surface area contributed by atoms with Crippen molar-refractivity contribution >= 4 is 40.3 Å². The summed E-state index contributed by atoms with van der Waals surface area (Å²) in [5.41, 5.74) is 1.57. The molecule has 0 fully saturated rings. The molecule has 2 aromatic rings. The van der Waals surface area contributed by atoms with Gasteiger partial charge in [-0.2, -0.15) is 0 Å². The molecule has 5 nitrogen and oxygen atoms in total. The standard InChI is InChI=1S/C15H14ClN3O2S/c16-13-7-6-12(19(20)21)10-14(13)18-15(22)17-9-8-11-4-2-1-3-5-11/h1-7,10H,8-9H2,(H2,17,18,22). The van der Waals surface area contributed by atoms with E-state index >= 15 is 0 Å². The Morgan fingerprint density at radius 1 is 1.23 bits per heavy atom. The molecular weight excluding hydrogens is 322 g/mol. The third-order valence-electron chi connectivity index (χ3n) is 2.95. The smallest absolute Gasteiger partial charge is 0.271 e. The van der Waals surface area contributed by atoms with Crippen molar-refractivity contribution in [2.75, 3.05) is 11.9 Å². The van der Waals surface area contributed by atoms with Gasteiger partial charge in [0.05, 0.1) is 15.6 Å². The Hall–Kier alpha value is -2.18. The van der Waals surface area contributed by atoms with E-state index in [4.69, 9.17) is 23.8 Å². The molecule has 2 N–H and O–H groups in total. The molecule has 0 radical (unpaired) electrons. The fraction of sp³-hybridized carbons (Fsp3) is 0.133. The number of rotatable bonds is 5. The topological polar surface area (TPSA) is 67.2 Å². The molecule has 0 aliphatic rings. The molecule has 7 heteroatoms. The SMILES string of the molecule is O=[N+]([O-])c1ccc(Cl)c(NC(=S)NCCc2ccccc2)c1. The molecule has 0 saturated carbocycles. The van der Waals surface area contributed by atoms with Gasteiger partial charge < -0.3 is 10.6 Å². The summed E-state index contributed by atoms with van der Waals surface area (Å²) in [6.45, 7) is 0.655. The molecular formula is C15H14ClN3O2S. The van der Waals surface area contributed by atoms with Gasteiger partial charge in [0.15, 0.2) is 5.11 Å². The number of anilines is 1. The summed E-state index contributed by atoms with van der Waals surface area (Å²) >= 11 is 11.2. The van der Waals surface area contributed by atoms with E-state index in [-0.39, 0.29) is 5.69 Å². The fourth-order valence-electron chi connectivity index (χ4n) is 1.85. The van der Waals surface area contributed by atoms with Crippen molar-refractivity contribution < 1.29 is 4.92 Å². The van der Waals surface area contributed by atoms with E-state index < -0.39 is 4.92 Å². The molecule has 22 heavy (non-hydrogen) atoms. The Balaban J connectivity index is 1.89. The van der Waals surface area contributed by atoms with Gasteiger partial charge in [0.2, 0.25) is 0 Å². The number of thiocarbonyl (C=S) groups is 1. The lowest BCUT2D eigenvalue weighted by Gasteiger charge is -2.11. The van der Waals surface area contributed by atoms with E-state index in [1.165, 1.54) is 23.8 Å². The molecule has 0 bridgehead atoms. The molecule has 2 aromatic carbocycles. The highest BCUT2D eigenvalue weighted by Crippen LogP contribution is 2.26. The number of nitrogens with zero attached hydrogens (tertiary/aromatic N) is 1. The summed E-state index contributed by atoms with van der Waals surface area (Å²) in [6, 6.07) is 14.2. The van der Waals surface area contributed by atoms with Gasteiger partial charge in [0.1, 0.15) is 0 Å². The van der Waals surface area contributed by atoms with Gasteiger partial charge in [-0.05, 0) is 30.3 Å². The number of hydrogen-bond acceptors (Lipinski definition) is 3. The fourth-order valence-corrected chi connectivity index (χ4v) is 2.23. The van der Waals surface area contributed by atoms with Gasteiger partial charge in [0.25, 0.3) is 5.69 Å². The predicted octanol–water partition coefficient (Wildman–Crippen LogP) is 3.78. The lowest BCUT2D eigenvalue weighted by Crippen LogP contribution is -2.30. The largest absolute Gasteiger partial charge is 0.362 e. The number of nitro groups is 1. The van der Waals surface area contributed by atoms with Crippen LogP contribution < -0.4 is 10.6 Å². The third kappa shape index (κ3) is 4.68. The van der Waals surface area contributed by atoms with Crippen LogP contribution in [-0.2, 0) is 6.42 Å². The van der Waals surface area contributed by atoms with Gasteiger partial charge in [-0.3, -0.25) is 10.1 Å². The quantitative estimate of drug-likeness (QED) is 0.494. The number of hydrogen-bond donors (Lipinski definition) is 2. The van der Waals surface area contributed by atoms with E-state index in [1.54, 1.807) is 0 Å². The molecule has 0 aliphatic heterocycles. The van der Waals surface area contributed by atoms with Crippen molar-refractivity contribution in [2.24, 2.45) is 0 Å². The molecule has 0 aliphatic carbocycles. The summed E-state index contributed by atoms with van der Waals surface area (Å²) in [5.74, 6) is 0. The van der Waals surface area contributed by atoms with E-state index in [1.807, 2.05) is 30.3 Å². The molecule has 0 amide bonds. The Morgan fingerprint density at radius 3 is 2.64 bits per heavy atom. The average Bonchev–Trinajstić information content (AvgIpc) is 2.50. The maximum absolute atomic E-state index is 10.8. The van der Waals surface area contributed by atoms with Crippen LogP contribution in [0.4, 0.5) is 11.4 Å². The summed E-state index contributed by atoms with van der Waals surface area (Å²) in [5, 5.41) is 17.4. The van der Waals surface area contributed by atoms with Crippen LogP contribution in [0.3, 0.4) is 0 Å². The summed E-state index contributed by atoms with van der Waals surface area (Å²) in [6.07, 6.45) is 0.825. The Kier molecular flexibility index (Phi) is 5.68. The molecule has 0 spiro atoms. The van der Waals surface area contributed by atoms with Crippen molar-refractivity contribution in [3.8, 4) is 0 Å². The van der Waals surface area contributed by atoms with Crippen LogP contribution in [-0.4, -0.2) is 16.6 Å². The monoisotopic (exact) mass is 335 g/mol. The molecule has 0 unspecified atom stereocenters. The van der Waals surface area contributed by atoms with Gasteiger partial charge >= 0.3 is 0 Å². The third-order valence-corrected chi connectivity index (χ3v) is 3.53. The second kappa shape index (κ2) is 7.72. The lowest BCUT2D eigenvalue weighted by molar-refractivity contribution is -0.384. The van der Waals surface area contributed by atoms with Gasteiger partial charge in [-0.15, -0.1) is 0 Å². The number of benzene rings is 2. The zero-order valence-corrected chi connectivity index (χ0v) is 13.2. The maximum atomic E-state index is 10.8. The van der Waals surface area contributed by atoms with Crippen LogP contribution in [0.25, 0.3) is 0 Å². The van der Waals surface area contributed by atoms with E-state index in [2.05, 4.69) is 10.6 Å². The molecule has 0 heterocycles. The normalized spacial score (nSPS) is 10.0.